The molecule has 0 aromatic rings. The Morgan fingerprint density at radius 2 is 1.80 bits per heavy atom. The molecule has 2 fully saturated rings. The Labute approximate surface area is 94.2 Å². The average Bonchev–Trinajstić information content (AvgIpc) is 2.99. The van der Waals surface area contributed by atoms with Crippen molar-refractivity contribution >= 4 is 0 Å². The van der Waals surface area contributed by atoms with Crippen LogP contribution in [0.5, 0.6) is 0 Å². The van der Waals surface area contributed by atoms with Crippen LogP contribution in [0.25, 0.3) is 0 Å². The van der Waals surface area contributed by atoms with Crippen molar-refractivity contribution in [1.82, 2.24) is 4.90 Å². The van der Waals surface area contributed by atoms with Gasteiger partial charge in [0.05, 0.1) is 0 Å². The molecular formula is C13H26N2. The summed E-state index contributed by atoms with van der Waals surface area (Å²) in [7, 11) is 0. The van der Waals surface area contributed by atoms with Crippen LogP contribution < -0.4 is 5.73 Å². The molecule has 0 aliphatic heterocycles. The van der Waals surface area contributed by atoms with Gasteiger partial charge in [0.25, 0.3) is 0 Å². The molecule has 2 saturated carbocycles. The van der Waals surface area contributed by atoms with Crippen molar-refractivity contribution in [2.24, 2.45) is 11.7 Å². The van der Waals surface area contributed by atoms with Crippen LogP contribution in [0.3, 0.4) is 0 Å². The predicted octanol–water partition coefficient (Wildman–Crippen LogP) is 2.38. The highest BCUT2D eigenvalue weighted by molar-refractivity contribution is 4.90. The van der Waals surface area contributed by atoms with E-state index in [0.717, 1.165) is 5.92 Å². The predicted molar refractivity (Wildman–Crippen MR) is 64.8 cm³/mol. The van der Waals surface area contributed by atoms with E-state index in [9.17, 15) is 0 Å². The fourth-order valence-electron chi connectivity index (χ4n) is 2.88. The molecule has 0 aromatic heterocycles. The molecule has 0 saturated heterocycles. The van der Waals surface area contributed by atoms with Crippen molar-refractivity contribution in [1.29, 1.82) is 0 Å². The zero-order valence-electron chi connectivity index (χ0n) is 10.3. The Morgan fingerprint density at radius 3 is 2.33 bits per heavy atom. The van der Waals surface area contributed by atoms with E-state index < -0.39 is 0 Å². The minimum absolute atomic E-state index is 0.430. The second-order valence-corrected chi connectivity index (χ2v) is 5.75. The van der Waals surface area contributed by atoms with Gasteiger partial charge in [0.15, 0.2) is 0 Å². The van der Waals surface area contributed by atoms with Gasteiger partial charge in [-0.3, -0.25) is 4.90 Å². The summed E-state index contributed by atoms with van der Waals surface area (Å²) in [6, 6.07) is 1.76. The smallest absolute Gasteiger partial charge is 0.0250 e. The SMILES string of the molecule is CC(C)N(CC1CC1)C1CCCCC1N. The van der Waals surface area contributed by atoms with Gasteiger partial charge < -0.3 is 5.73 Å². The largest absolute Gasteiger partial charge is 0.326 e. The fourth-order valence-corrected chi connectivity index (χ4v) is 2.88. The van der Waals surface area contributed by atoms with Gasteiger partial charge in [-0.1, -0.05) is 12.8 Å². The highest BCUT2D eigenvalue weighted by Crippen LogP contribution is 2.33. The lowest BCUT2D eigenvalue weighted by atomic mass is 9.89. The Bertz CT molecular complexity index is 199. The molecule has 2 aliphatic rings. The summed E-state index contributed by atoms with van der Waals surface area (Å²) in [6.07, 6.45) is 8.18. The maximum atomic E-state index is 6.27. The number of hydrogen-bond donors (Lipinski definition) is 1. The topological polar surface area (TPSA) is 29.3 Å². The van der Waals surface area contributed by atoms with E-state index in [4.69, 9.17) is 5.73 Å². The minimum Gasteiger partial charge on any atom is -0.326 e. The van der Waals surface area contributed by atoms with E-state index in [1.54, 1.807) is 0 Å². The zero-order valence-corrected chi connectivity index (χ0v) is 10.3. The van der Waals surface area contributed by atoms with E-state index in [2.05, 4.69) is 18.7 Å². The van der Waals surface area contributed by atoms with Gasteiger partial charge in [0, 0.05) is 24.7 Å². The van der Waals surface area contributed by atoms with E-state index in [-0.39, 0.29) is 0 Å². The molecule has 2 heteroatoms. The lowest BCUT2D eigenvalue weighted by Crippen LogP contribution is -2.52. The van der Waals surface area contributed by atoms with Crippen LogP contribution in [-0.4, -0.2) is 29.6 Å². The summed E-state index contributed by atoms with van der Waals surface area (Å²) >= 11 is 0. The summed E-state index contributed by atoms with van der Waals surface area (Å²) in [5, 5.41) is 0. The molecular weight excluding hydrogens is 184 g/mol. The molecule has 2 rings (SSSR count). The number of rotatable bonds is 4. The summed E-state index contributed by atoms with van der Waals surface area (Å²) in [4.78, 5) is 2.68. The van der Waals surface area contributed by atoms with E-state index >= 15 is 0 Å². The van der Waals surface area contributed by atoms with Crippen LogP contribution in [0.15, 0.2) is 0 Å². The minimum atomic E-state index is 0.430. The summed E-state index contributed by atoms with van der Waals surface area (Å²) in [5.74, 6) is 0.988. The Balaban J connectivity index is 1.94. The summed E-state index contributed by atoms with van der Waals surface area (Å²) < 4.78 is 0. The van der Waals surface area contributed by atoms with Gasteiger partial charge in [-0.05, 0) is 45.4 Å². The van der Waals surface area contributed by atoms with Gasteiger partial charge in [-0.25, -0.2) is 0 Å². The van der Waals surface area contributed by atoms with Gasteiger partial charge >= 0.3 is 0 Å². The van der Waals surface area contributed by atoms with Crippen molar-refractivity contribution in [3.63, 3.8) is 0 Å². The molecule has 2 nitrogen and oxygen atoms in total. The second-order valence-electron chi connectivity index (χ2n) is 5.75. The Kier molecular flexibility index (Phi) is 3.68. The molecule has 15 heavy (non-hydrogen) atoms. The van der Waals surface area contributed by atoms with Crippen molar-refractivity contribution in [3.05, 3.63) is 0 Å². The molecule has 0 bridgehead atoms. The van der Waals surface area contributed by atoms with Gasteiger partial charge in [-0.15, -0.1) is 0 Å². The first-order valence-corrected chi connectivity index (χ1v) is 6.70. The first-order chi connectivity index (χ1) is 7.18. The van der Waals surface area contributed by atoms with Crippen LogP contribution >= 0.6 is 0 Å². The van der Waals surface area contributed by atoms with E-state index in [1.165, 1.54) is 45.1 Å². The quantitative estimate of drug-likeness (QED) is 0.772. The van der Waals surface area contributed by atoms with Crippen LogP contribution in [0.4, 0.5) is 0 Å². The third kappa shape index (κ3) is 2.94. The Morgan fingerprint density at radius 1 is 1.13 bits per heavy atom. The lowest BCUT2D eigenvalue weighted by molar-refractivity contribution is 0.0993. The van der Waals surface area contributed by atoms with Gasteiger partial charge in [0.1, 0.15) is 0 Å². The number of hydrogen-bond acceptors (Lipinski definition) is 2. The molecule has 0 radical (unpaired) electrons. The molecule has 88 valence electrons. The van der Waals surface area contributed by atoms with E-state index in [1.807, 2.05) is 0 Å². The fraction of sp³-hybridized carbons (Fsp3) is 1.00. The molecule has 2 atom stereocenters. The van der Waals surface area contributed by atoms with Crippen LogP contribution in [0.1, 0.15) is 52.4 Å². The standard InChI is InChI=1S/C13H26N2/c1-10(2)15(9-11-7-8-11)13-6-4-3-5-12(13)14/h10-13H,3-9,14H2,1-2H3. The third-order valence-electron chi connectivity index (χ3n) is 4.04. The van der Waals surface area contributed by atoms with Crippen LogP contribution in [0.2, 0.25) is 0 Å². The van der Waals surface area contributed by atoms with E-state index in [0.29, 0.717) is 18.1 Å². The average molecular weight is 210 g/mol. The third-order valence-corrected chi connectivity index (χ3v) is 4.04. The van der Waals surface area contributed by atoms with Crippen molar-refractivity contribution < 1.29 is 0 Å². The van der Waals surface area contributed by atoms with Crippen molar-refractivity contribution in [2.45, 2.75) is 70.5 Å². The van der Waals surface area contributed by atoms with Crippen LogP contribution in [-0.2, 0) is 0 Å². The molecule has 2 N–H and O–H groups in total. The van der Waals surface area contributed by atoms with Crippen molar-refractivity contribution in [3.8, 4) is 0 Å². The summed E-state index contributed by atoms with van der Waals surface area (Å²) in [6.45, 7) is 5.95. The lowest BCUT2D eigenvalue weighted by Gasteiger charge is -2.41. The van der Waals surface area contributed by atoms with Gasteiger partial charge in [-0.2, -0.15) is 0 Å². The van der Waals surface area contributed by atoms with Crippen LogP contribution in [0, 0.1) is 5.92 Å². The summed E-state index contributed by atoms with van der Waals surface area (Å²) in [5.41, 5.74) is 6.27. The second kappa shape index (κ2) is 4.84. The molecule has 0 spiro atoms. The normalized spacial score (nSPS) is 32.6. The highest BCUT2D eigenvalue weighted by atomic mass is 15.2. The highest BCUT2D eigenvalue weighted by Gasteiger charge is 2.33. The molecule has 0 aromatic carbocycles. The first kappa shape index (κ1) is 11.4. The molecule has 2 unspecified atom stereocenters. The Hall–Kier alpha value is -0.0800. The molecule has 0 amide bonds. The maximum Gasteiger partial charge on any atom is 0.0250 e. The molecule has 2 aliphatic carbocycles. The monoisotopic (exact) mass is 210 g/mol. The van der Waals surface area contributed by atoms with Crippen molar-refractivity contribution in [2.75, 3.05) is 6.54 Å². The molecule has 0 heterocycles. The zero-order chi connectivity index (χ0) is 10.8. The first-order valence-electron chi connectivity index (χ1n) is 6.70. The number of nitrogens with two attached hydrogens (primary N) is 1. The van der Waals surface area contributed by atoms with Gasteiger partial charge in [0.2, 0.25) is 0 Å². The maximum absolute atomic E-state index is 6.27. The number of nitrogens with zero attached hydrogens (tertiary/aromatic N) is 1.